The lowest BCUT2D eigenvalue weighted by Gasteiger charge is -2.33. The molecular formula is C23H29NO4S. The van der Waals surface area contributed by atoms with E-state index in [9.17, 15) is 13.2 Å². The van der Waals surface area contributed by atoms with Crippen LogP contribution >= 0.6 is 0 Å². The molecule has 0 N–H and O–H groups in total. The van der Waals surface area contributed by atoms with Crippen LogP contribution in [-0.4, -0.2) is 37.3 Å². The van der Waals surface area contributed by atoms with Gasteiger partial charge in [0.15, 0.2) is 0 Å². The van der Waals surface area contributed by atoms with Gasteiger partial charge in [0.25, 0.3) is 0 Å². The minimum Gasteiger partial charge on any atom is -0.373 e. The number of carbonyl (C=O) groups is 1. The molecule has 2 aromatic rings. The monoisotopic (exact) mass is 415 g/mol. The molecule has 3 rings (SSSR count). The largest absolute Gasteiger partial charge is 0.373 e. The molecule has 0 amide bonds. The molecule has 1 aliphatic heterocycles. The minimum atomic E-state index is -3.67. The highest BCUT2D eigenvalue weighted by molar-refractivity contribution is 7.89. The van der Waals surface area contributed by atoms with Crippen molar-refractivity contribution < 1.29 is 17.9 Å². The van der Waals surface area contributed by atoms with E-state index in [4.69, 9.17) is 4.74 Å². The van der Waals surface area contributed by atoms with Gasteiger partial charge in [-0.2, -0.15) is 4.31 Å². The van der Waals surface area contributed by atoms with Crippen molar-refractivity contribution in [2.75, 3.05) is 6.54 Å². The first-order valence-electron chi connectivity index (χ1n) is 10.1. The zero-order chi connectivity index (χ0) is 20.9. The predicted molar refractivity (Wildman–Crippen MR) is 113 cm³/mol. The van der Waals surface area contributed by atoms with Crippen molar-refractivity contribution in [1.29, 1.82) is 0 Å². The highest BCUT2D eigenvalue weighted by atomic mass is 32.2. The van der Waals surface area contributed by atoms with Crippen LogP contribution in [0.3, 0.4) is 0 Å². The van der Waals surface area contributed by atoms with Crippen LogP contribution < -0.4 is 0 Å². The third-order valence-electron chi connectivity index (χ3n) is 5.22. The Kier molecular flexibility index (Phi) is 7.22. The number of ketones is 1. The van der Waals surface area contributed by atoms with Crippen LogP contribution in [0.15, 0.2) is 59.5 Å². The first-order valence-corrected chi connectivity index (χ1v) is 11.5. The van der Waals surface area contributed by atoms with Crippen molar-refractivity contribution >= 4 is 15.8 Å². The van der Waals surface area contributed by atoms with Gasteiger partial charge < -0.3 is 4.74 Å². The first kappa shape index (κ1) is 21.7. The number of rotatable bonds is 8. The van der Waals surface area contributed by atoms with Crippen LogP contribution in [0.2, 0.25) is 0 Å². The topological polar surface area (TPSA) is 63.7 Å². The van der Waals surface area contributed by atoms with Gasteiger partial charge in [0.1, 0.15) is 5.78 Å². The molecule has 2 atom stereocenters. The number of carbonyl (C=O) groups excluding carboxylic acids is 1. The molecule has 0 aliphatic carbocycles. The van der Waals surface area contributed by atoms with Crippen LogP contribution in [-0.2, 0) is 26.1 Å². The van der Waals surface area contributed by atoms with Crippen molar-refractivity contribution in [3.63, 3.8) is 0 Å². The summed E-state index contributed by atoms with van der Waals surface area (Å²) in [4.78, 5) is 11.8. The Hall–Kier alpha value is -2.02. The average Bonchev–Trinajstić information content (AvgIpc) is 2.68. The van der Waals surface area contributed by atoms with Crippen molar-refractivity contribution in [1.82, 2.24) is 4.31 Å². The number of ether oxygens (including phenoxy) is 1. The second-order valence-corrected chi connectivity index (χ2v) is 9.75. The number of nitrogens with zero attached hydrogens (tertiary/aromatic N) is 1. The zero-order valence-corrected chi connectivity index (χ0v) is 17.9. The summed E-state index contributed by atoms with van der Waals surface area (Å²) in [5.74, 6) is 0.101. The maximum absolute atomic E-state index is 13.4. The highest BCUT2D eigenvalue weighted by Crippen LogP contribution is 2.26. The van der Waals surface area contributed by atoms with Gasteiger partial charge in [-0.15, -0.1) is 0 Å². The van der Waals surface area contributed by atoms with E-state index in [1.807, 2.05) is 49.4 Å². The predicted octanol–water partition coefficient (Wildman–Crippen LogP) is 4.10. The fourth-order valence-electron chi connectivity index (χ4n) is 3.71. The van der Waals surface area contributed by atoms with Crippen molar-refractivity contribution in [3.8, 4) is 0 Å². The summed E-state index contributed by atoms with van der Waals surface area (Å²) in [7, 11) is -3.67. The number of aryl methyl sites for hydroxylation is 1. The third kappa shape index (κ3) is 5.98. The van der Waals surface area contributed by atoms with E-state index < -0.39 is 10.0 Å². The number of Topliss-reactive ketones (excluding diaryl/α,β-unsaturated/α-hetero) is 1. The fourth-order valence-corrected chi connectivity index (χ4v) is 5.17. The molecule has 1 saturated heterocycles. The number of hydrogen-bond donors (Lipinski definition) is 0. The zero-order valence-electron chi connectivity index (χ0n) is 17.1. The van der Waals surface area contributed by atoms with Crippen LogP contribution in [0, 0.1) is 6.92 Å². The van der Waals surface area contributed by atoms with E-state index >= 15 is 0 Å². The molecule has 0 saturated carbocycles. The van der Waals surface area contributed by atoms with Crippen LogP contribution in [0.5, 0.6) is 0 Å². The Morgan fingerprint density at radius 3 is 2.34 bits per heavy atom. The normalized spacial score (nSPS) is 20.0. The molecule has 0 bridgehead atoms. The van der Waals surface area contributed by atoms with E-state index in [0.717, 1.165) is 30.4 Å². The first-order chi connectivity index (χ1) is 13.8. The lowest BCUT2D eigenvalue weighted by Crippen LogP contribution is -2.41. The Labute approximate surface area is 173 Å². The van der Waals surface area contributed by atoms with Crippen molar-refractivity contribution in [3.05, 3.63) is 65.7 Å². The smallest absolute Gasteiger partial charge is 0.243 e. The fraction of sp³-hybridized carbons (Fsp3) is 0.435. The summed E-state index contributed by atoms with van der Waals surface area (Å²) in [5, 5.41) is 0. The van der Waals surface area contributed by atoms with Gasteiger partial charge in [-0.3, -0.25) is 4.79 Å². The van der Waals surface area contributed by atoms with Crippen LogP contribution in [0.4, 0.5) is 0 Å². The van der Waals surface area contributed by atoms with Gasteiger partial charge in [0, 0.05) is 19.5 Å². The van der Waals surface area contributed by atoms with Gasteiger partial charge in [0.05, 0.1) is 17.1 Å². The third-order valence-corrected chi connectivity index (χ3v) is 7.05. The summed E-state index contributed by atoms with van der Waals surface area (Å²) in [6, 6.07) is 16.5. The molecule has 0 spiro atoms. The van der Waals surface area contributed by atoms with E-state index in [1.165, 1.54) is 4.31 Å². The van der Waals surface area contributed by atoms with E-state index in [1.54, 1.807) is 19.1 Å². The number of hydrogen-bond acceptors (Lipinski definition) is 4. The summed E-state index contributed by atoms with van der Waals surface area (Å²) in [6.45, 7) is 4.06. The van der Waals surface area contributed by atoms with E-state index in [2.05, 4.69) is 0 Å². The number of sulfonamides is 1. The molecule has 1 heterocycles. The second kappa shape index (κ2) is 9.65. The quantitative estimate of drug-likeness (QED) is 0.651. The summed E-state index contributed by atoms with van der Waals surface area (Å²) in [6.07, 6.45) is 2.64. The molecule has 0 radical (unpaired) electrons. The SMILES string of the molecule is CC(=O)C[C@@H]1CCC[C@H](CN(Cc2ccccc2)S(=O)(=O)c2ccc(C)cc2)O1. The minimum absolute atomic E-state index is 0.101. The maximum atomic E-state index is 13.4. The maximum Gasteiger partial charge on any atom is 0.243 e. The number of benzene rings is 2. The Balaban J connectivity index is 1.83. The molecular weight excluding hydrogens is 386 g/mol. The van der Waals surface area contributed by atoms with Crippen molar-refractivity contribution in [2.45, 2.75) is 63.2 Å². The van der Waals surface area contributed by atoms with Gasteiger partial charge >= 0.3 is 0 Å². The Morgan fingerprint density at radius 2 is 1.69 bits per heavy atom. The van der Waals surface area contributed by atoms with Gasteiger partial charge in [-0.05, 0) is 50.8 Å². The van der Waals surface area contributed by atoms with Gasteiger partial charge in [-0.1, -0.05) is 48.0 Å². The molecule has 0 unspecified atom stereocenters. The van der Waals surface area contributed by atoms with E-state index in [0.29, 0.717) is 6.42 Å². The highest BCUT2D eigenvalue weighted by Gasteiger charge is 2.31. The lowest BCUT2D eigenvalue weighted by molar-refractivity contribution is -0.123. The Morgan fingerprint density at radius 1 is 1.03 bits per heavy atom. The summed E-state index contributed by atoms with van der Waals surface area (Å²) < 4.78 is 34.4. The van der Waals surface area contributed by atoms with Crippen LogP contribution in [0.25, 0.3) is 0 Å². The van der Waals surface area contributed by atoms with Gasteiger partial charge in [0.2, 0.25) is 10.0 Å². The summed E-state index contributed by atoms with van der Waals surface area (Å²) >= 11 is 0. The molecule has 156 valence electrons. The molecule has 1 fully saturated rings. The molecule has 2 aromatic carbocycles. The molecule has 1 aliphatic rings. The average molecular weight is 416 g/mol. The standard InChI is InChI=1S/C23H29NO4S/c1-18-11-13-23(14-12-18)29(26,27)24(16-20-7-4-3-5-8-20)17-22-10-6-9-21(28-22)15-19(2)25/h3-5,7-8,11-14,21-22H,6,9-10,15-17H2,1-2H3/t21-,22+/m0/s1. The second-order valence-electron chi connectivity index (χ2n) is 7.81. The molecule has 29 heavy (non-hydrogen) atoms. The van der Waals surface area contributed by atoms with Crippen LogP contribution in [0.1, 0.15) is 43.7 Å². The Bertz CT molecular complexity index is 910. The molecule has 6 heteroatoms. The van der Waals surface area contributed by atoms with Crippen molar-refractivity contribution in [2.24, 2.45) is 0 Å². The molecule has 0 aromatic heterocycles. The van der Waals surface area contributed by atoms with E-state index in [-0.39, 0.29) is 36.0 Å². The van der Waals surface area contributed by atoms with Gasteiger partial charge in [-0.25, -0.2) is 8.42 Å². The summed E-state index contributed by atoms with van der Waals surface area (Å²) in [5.41, 5.74) is 1.94. The lowest BCUT2D eigenvalue weighted by atomic mass is 10.0. The molecule has 5 nitrogen and oxygen atoms in total.